The van der Waals surface area contributed by atoms with Crippen molar-refractivity contribution in [2.75, 3.05) is 0 Å². The highest BCUT2D eigenvalue weighted by atomic mass is 16.3. The second-order valence-electron chi connectivity index (χ2n) is 24.8. The zero-order valence-corrected chi connectivity index (χ0v) is 45.5. The molecule has 2 unspecified atom stereocenters. The fourth-order valence-electron chi connectivity index (χ4n) is 15.4. The molecule has 3 fully saturated rings. The zero-order valence-electron chi connectivity index (χ0n) is 45.5. The van der Waals surface area contributed by atoms with E-state index in [9.17, 15) is 9.90 Å². The Hall–Kier alpha value is -0.960. The molecule has 1 N–H and O–H groups in total. The van der Waals surface area contributed by atoms with Gasteiger partial charge in [0.25, 0.3) is 0 Å². The number of carbonyl (C=O) groups excluding carboxylic acids is 2. The van der Waals surface area contributed by atoms with Gasteiger partial charge < -0.3 is 5.11 Å². The molecule has 0 bridgehead atoms. The van der Waals surface area contributed by atoms with Gasteiger partial charge in [-0.05, 0) is 92.3 Å². The van der Waals surface area contributed by atoms with Crippen molar-refractivity contribution in [3.05, 3.63) is 11.6 Å². The summed E-state index contributed by atoms with van der Waals surface area (Å²) < 4.78 is 0. The number of hydrogen-bond acceptors (Lipinski definition) is 3. The zero-order chi connectivity index (χ0) is 47.6. The van der Waals surface area contributed by atoms with Gasteiger partial charge in [-0.15, -0.1) is 0 Å². The molecule has 0 aromatic carbocycles. The lowest BCUT2D eigenvalue weighted by Crippen LogP contribution is -2.59. The summed E-state index contributed by atoms with van der Waals surface area (Å²) in [6.07, 6.45) is 53.3. The number of aliphatic hydroxyl groups is 1. The molecule has 4 aliphatic rings. The summed E-state index contributed by atoms with van der Waals surface area (Å²) in [6.45, 7) is 17.0. The highest BCUT2D eigenvalue weighted by molar-refractivity contribution is 5.91. The predicted molar refractivity (Wildman–Crippen MR) is 286 cm³/mol. The molecular formula is C63H114O3. The number of Topliss-reactive ketones (excluding diaryl/α,β-unsaturated/α-hetero) is 2. The molecule has 0 amide bonds. The molecule has 4 aliphatic carbocycles. The van der Waals surface area contributed by atoms with Crippen molar-refractivity contribution in [1.82, 2.24) is 0 Å². The topological polar surface area (TPSA) is 54.4 Å². The molecule has 0 aliphatic heterocycles. The maximum absolute atomic E-state index is 15.0. The molecule has 66 heavy (non-hydrogen) atoms. The molecule has 384 valence electrons. The van der Waals surface area contributed by atoms with Crippen LogP contribution < -0.4 is 0 Å². The fraction of sp³-hybridized carbons (Fsp3) is 0.937. The van der Waals surface area contributed by atoms with Gasteiger partial charge in [0.2, 0.25) is 0 Å². The van der Waals surface area contributed by atoms with Crippen molar-refractivity contribution in [2.24, 2.45) is 58.2 Å². The summed E-state index contributed by atoms with van der Waals surface area (Å²) in [7, 11) is 0. The minimum absolute atomic E-state index is 0.200. The molecule has 0 saturated heterocycles. The molecular weight excluding hydrogens is 805 g/mol. The minimum Gasteiger partial charge on any atom is -0.392 e. The van der Waals surface area contributed by atoms with Crippen LogP contribution in [0.4, 0.5) is 0 Å². The van der Waals surface area contributed by atoms with Crippen molar-refractivity contribution in [2.45, 2.75) is 318 Å². The Bertz CT molecular complexity index is 1330. The SMILES string of the molecule is CCCCCCCCCCCCCCCCCC(=O)C1C(C(=O)CCCCCCCCCCCCCCCCC)[C@@]2(C)C(=CC[C@H]3[C@@H]4CC[C@H]([C@H](C)CCCC(C)C)[C@@]4(C)CC[C@@H]32)C[C@H]1O. The Kier molecular flexibility index (Phi) is 28.0. The first-order valence-electron chi connectivity index (χ1n) is 30.4. The third kappa shape index (κ3) is 17.7. The summed E-state index contributed by atoms with van der Waals surface area (Å²) in [5, 5.41) is 12.0. The highest BCUT2D eigenvalue weighted by Gasteiger charge is 2.64. The summed E-state index contributed by atoms with van der Waals surface area (Å²) in [5.74, 6) is 3.70. The van der Waals surface area contributed by atoms with Crippen LogP contribution in [0.1, 0.15) is 312 Å². The molecule has 0 radical (unpaired) electrons. The normalized spacial score (nSPS) is 28.8. The number of unbranched alkanes of at least 4 members (excludes halogenated alkanes) is 28. The Labute approximate surface area is 412 Å². The van der Waals surface area contributed by atoms with E-state index in [0.29, 0.717) is 48.2 Å². The standard InChI is InChI=1S/C63H114O3/c1-8-10-12-14-16-18-20-22-24-26-28-30-32-34-36-41-57(64)60-59(66)49-52-43-44-53-55-46-45-54(51(5)40-38-39-50(3)4)62(55,6)48-47-56(53)63(52,7)61(60)58(65)42-37-35-33-31-29-27-25-23-21-19-17-15-13-11-9-2/h43,50-51,53-56,59-61,66H,8-42,44-49H2,1-7H3/t51-,53+,54-,55+,56+,59-,60?,61?,62-,63+/m1/s1. The van der Waals surface area contributed by atoms with Crippen LogP contribution in [0.25, 0.3) is 0 Å². The maximum Gasteiger partial charge on any atom is 0.139 e. The summed E-state index contributed by atoms with van der Waals surface area (Å²) in [4.78, 5) is 29.6. The average molecular weight is 920 g/mol. The van der Waals surface area contributed by atoms with Gasteiger partial charge in [-0.1, -0.05) is 259 Å². The maximum atomic E-state index is 15.0. The Morgan fingerprint density at radius 2 is 1.00 bits per heavy atom. The highest BCUT2D eigenvalue weighted by Crippen LogP contribution is 2.69. The van der Waals surface area contributed by atoms with Crippen molar-refractivity contribution in [1.29, 1.82) is 0 Å². The van der Waals surface area contributed by atoms with Crippen LogP contribution in [0.5, 0.6) is 0 Å². The summed E-state index contributed by atoms with van der Waals surface area (Å²) in [5.41, 5.74) is 1.40. The average Bonchev–Trinajstić information content (AvgIpc) is 3.65. The molecule has 0 heterocycles. The van der Waals surface area contributed by atoms with Crippen LogP contribution in [0.3, 0.4) is 0 Å². The lowest BCUT2D eigenvalue weighted by atomic mass is 9.42. The number of rotatable bonds is 39. The van der Waals surface area contributed by atoms with Crippen molar-refractivity contribution in [3.8, 4) is 0 Å². The first-order valence-corrected chi connectivity index (χ1v) is 30.4. The third-order valence-corrected chi connectivity index (χ3v) is 19.4. The first-order chi connectivity index (χ1) is 32.0. The van der Waals surface area contributed by atoms with Crippen molar-refractivity contribution in [3.63, 3.8) is 0 Å². The Morgan fingerprint density at radius 3 is 1.45 bits per heavy atom. The van der Waals surface area contributed by atoms with Gasteiger partial charge in [-0.2, -0.15) is 0 Å². The molecule has 0 spiro atoms. The van der Waals surface area contributed by atoms with Crippen LogP contribution in [-0.2, 0) is 9.59 Å². The largest absolute Gasteiger partial charge is 0.392 e. The third-order valence-electron chi connectivity index (χ3n) is 19.4. The van der Waals surface area contributed by atoms with E-state index < -0.39 is 12.0 Å². The van der Waals surface area contributed by atoms with Gasteiger partial charge in [0, 0.05) is 24.2 Å². The van der Waals surface area contributed by atoms with Crippen LogP contribution in [0.15, 0.2) is 11.6 Å². The van der Waals surface area contributed by atoms with Crippen LogP contribution in [0, 0.1) is 58.2 Å². The lowest BCUT2D eigenvalue weighted by Gasteiger charge is -2.61. The van der Waals surface area contributed by atoms with Gasteiger partial charge in [-0.25, -0.2) is 0 Å². The van der Waals surface area contributed by atoms with E-state index in [1.165, 1.54) is 217 Å². The number of allylic oxidation sites excluding steroid dienone is 1. The van der Waals surface area contributed by atoms with Crippen LogP contribution in [-0.4, -0.2) is 22.8 Å². The first kappa shape index (κ1) is 57.6. The van der Waals surface area contributed by atoms with E-state index in [1.807, 2.05) is 0 Å². The van der Waals surface area contributed by atoms with E-state index in [-0.39, 0.29) is 17.1 Å². The monoisotopic (exact) mass is 919 g/mol. The van der Waals surface area contributed by atoms with Gasteiger partial charge in [0.1, 0.15) is 11.6 Å². The number of aliphatic hydroxyl groups excluding tert-OH is 1. The molecule has 10 atom stereocenters. The van der Waals surface area contributed by atoms with Gasteiger partial charge in [0.15, 0.2) is 0 Å². The summed E-state index contributed by atoms with van der Waals surface area (Å²) >= 11 is 0. The minimum atomic E-state index is -0.726. The fourth-order valence-corrected chi connectivity index (χ4v) is 15.4. The Balaban J connectivity index is 1.32. The smallest absolute Gasteiger partial charge is 0.139 e. The molecule has 3 saturated carbocycles. The van der Waals surface area contributed by atoms with E-state index in [4.69, 9.17) is 0 Å². The van der Waals surface area contributed by atoms with Crippen LogP contribution in [0.2, 0.25) is 0 Å². The number of fused-ring (bicyclic) bond motifs is 5. The number of ketones is 2. The Morgan fingerprint density at radius 1 is 0.561 bits per heavy atom. The number of carbonyl (C=O) groups is 2. The van der Waals surface area contributed by atoms with E-state index in [2.05, 4.69) is 54.5 Å². The van der Waals surface area contributed by atoms with Gasteiger partial charge in [0.05, 0.1) is 12.0 Å². The second-order valence-corrected chi connectivity index (χ2v) is 24.8. The molecule has 4 rings (SSSR count). The molecule has 3 heteroatoms. The van der Waals surface area contributed by atoms with E-state index in [1.54, 1.807) is 0 Å². The molecule has 0 aromatic heterocycles. The molecule has 3 nitrogen and oxygen atoms in total. The number of hydrogen-bond donors (Lipinski definition) is 1. The van der Waals surface area contributed by atoms with Gasteiger partial charge in [-0.3, -0.25) is 9.59 Å². The van der Waals surface area contributed by atoms with Crippen molar-refractivity contribution < 1.29 is 14.7 Å². The van der Waals surface area contributed by atoms with Crippen LogP contribution >= 0.6 is 0 Å². The van der Waals surface area contributed by atoms with Gasteiger partial charge >= 0.3 is 0 Å². The quantitative estimate of drug-likeness (QED) is 0.0494. The van der Waals surface area contributed by atoms with E-state index >= 15 is 4.79 Å². The summed E-state index contributed by atoms with van der Waals surface area (Å²) in [6, 6.07) is 0. The van der Waals surface area contributed by atoms with E-state index in [0.717, 1.165) is 49.9 Å². The second kappa shape index (κ2) is 32.1. The molecule has 0 aromatic rings. The predicted octanol–water partition coefficient (Wildman–Crippen LogP) is 19.5. The van der Waals surface area contributed by atoms with Crippen molar-refractivity contribution >= 4 is 11.6 Å². The lowest BCUT2D eigenvalue weighted by molar-refractivity contribution is -0.154.